The van der Waals surface area contributed by atoms with Gasteiger partial charge in [-0.15, -0.1) is 0 Å². The lowest BCUT2D eigenvalue weighted by molar-refractivity contribution is -0.123. The molecule has 1 N–H and O–H groups in total. The lowest BCUT2D eigenvalue weighted by Crippen LogP contribution is -2.29. The molecular formula is C18H23NO4. The van der Waals surface area contributed by atoms with Crippen molar-refractivity contribution in [2.24, 2.45) is 0 Å². The number of benzene rings is 1. The number of carbonyl (C=O) groups is 1. The monoisotopic (exact) mass is 317 g/mol. The van der Waals surface area contributed by atoms with Crippen LogP contribution in [0.4, 0.5) is 0 Å². The molecule has 1 aromatic carbocycles. The molecule has 0 aliphatic heterocycles. The van der Waals surface area contributed by atoms with Gasteiger partial charge < -0.3 is 14.5 Å². The Kier molecular flexibility index (Phi) is 5.79. The third-order valence-electron chi connectivity index (χ3n) is 3.78. The topological polar surface area (TPSA) is 68.5 Å². The third-order valence-corrected chi connectivity index (χ3v) is 3.78. The zero-order valence-corrected chi connectivity index (χ0v) is 13.9. The Bertz CT molecular complexity index is 749. The van der Waals surface area contributed by atoms with Gasteiger partial charge in [0.1, 0.15) is 11.3 Å². The van der Waals surface area contributed by atoms with E-state index in [1.54, 1.807) is 6.07 Å². The first-order valence-corrected chi connectivity index (χ1v) is 7.96. The van der Waals surface area contributed by atoms with Crippen molar-refractivity contribution in [3.63, 3.8) is 0 Å². The number of hydrogen-bond acceptors (Lipinski definition) is 4. The van der Waals surface area contributed by atoms with E-state index in [2.05, 4.69) is 12.2 Å². The molecule has 2 rings (SSSR count). The summed E-state index contributed by atoms with van der Waals surface area (Å²) in [7, 11) is 0. The highest BCUT2D eigenvalue weighted by molar-refractivity contribution is 5.85. The van der Waals surface area contributed by atoms with Crippen molar-refractivity contribution in [3.8, 4) is 5.75 Å². The average molecular weight is 317 g/mol. The Hall–Kier alpha value is -2.30. The number of carbonyl (C=O) groups excluding carboxylic acids is 1. The molecule has 2 aromatic rings. The second-order valence-electron chi connectivity index (χ2n) is 5.66. The standard InChI is InChI=1S/C18H23NO4/c1-4-5-6-9-19-16(20)11-22-15-8-7-14-12(2)10-17(21)23-18(14)13(15)3/h7-8,10H,4-6,9,11H2,1-3H3,(H,19,20). The third kappa shape index (κ3) is 4.34. The molecular weight excluding hydrogens is 294 g/mol. The lowest BCUT2D eigenvalue weighted by Gasteiger charge is -2.11. The fourth-order valence-electron chi connectivity index (χ4n) is 2.45. The first-order valence-electron chi connectivity index (χ1n) is 7.96. The van der Waals surface area contributed by atoms with Crippen molar-refractivity contribution >= 4 is 16.9 Å². The van der Waals surface area contributed by atoms with Crippen LogP contribution in [0.15, 0.2) is 27.4 Å². The molecule has 124 valence electrons. The van der Waals surface area contributed by atoms with Crippen LogP contribution >= 0.6 is 0 Å². The molecule has 0 aliphatic carbocycles. The van der Waals surface area contributed by atoms with Crippen LogP contribution in [-0.2, 0) is 4.79 Å². The van der Waals surface area contributed by atoms with E-state index in [0.717, 1.165) is 35.8 Å². The van der Waals surface area contributed by atoms with Gasteiger partial charge in [0.05, 0.1) is 0 Å². The highest BCUT2D eigenvalue weighted by Gasteiger charge is 2.11. The Labute approximate surface area is 135 Å². The van der Waals surface area contributed by atoms with Gasteiger partial charge in [-0.2, -0.15) is 0 Å². The maximum atomic E-state index is 11.8. The van der Waals surface area contributed by atoms with Crippen LogP contribution in [0.2, 0.25) is 0 Å². The van der Waals surface area contributed by atoms with Crippen molar-refractivity contribution in [1.29, 1.82) is 0 Å². The van der Waals surface area contributed by atoms with E-state index in [-0.39, 0.29) is 18.1 Å². The molecule has 0 saturated carbocycles. The number of rotatable bonds is 7. The van der Waals surface area contributed by atoms with Crippen molar-refractivity contribution in [2.75, 3.05) is 13.2 Å². The molecule has 1 aromatic heterocycles. The molecule has 23 heavy (non-hydrogen) atoms. The Morgan fingerprint density at radius 3 is 2.78 bits per heavy atom. The molecule has 0 radical (unpaired) electrons. The zero-order valence-electron chi connectivity index (χ0n) is 13.9. The zero-order chi connectivity index (χ0) is 16.8. The van der Waals surface area contributed by atoms with Crippen LogP contribution in [0.5, 0.6) is 5.75 Å². The molecule has 0 spiro atoms. The highest BCUT2D eigenvalue weighted by Crippen LogP contribution is 2.27. The molecule has 0 atom stereocenters. The second kappa shape index (κ2) is 7.81. The molecule has 0 unspecified atom stereocenters. The van der Waals surface area contributed by atoms with Crippen LogP contribution in [-0.4, -0.2) is 19.1 Å². The van der Waals surface area contributed by atoms with Gasteiger partial charge >= 0.3 is 5.63 Å². The second-order valence-corrected chi connectivity index (χ2v) is 5.66. The van der Waals surface area contributed by atoms with E-state index in [0.29, 0.717) is 17.9 Å². The minimum atomic E-state index is -0.385. The maximum absolute atomic E-state index is 11.8. The fourth-order valence-corrected chi connectivity index (χ4v) is 2.45. The molecule has 0 fully saturated rings. The molecule has 1 amide bonds. The summed E-state index contributed by atoms with van der Waals surface area (Å²) in [5.74, 6) is 0.404. The van der Waals surface area contributed by atoms with Gasteiger partial charge in [0.2, 0.25) is 0 Å². The van der Waals surface area contributed by atoms with E-state index < -0.39 is 0 Å². The maximum Gasteiger partial charge on any atom is 0.336 e. The van der Waals surface area contributed by atoms with Gasteiger partial charge in [-0.25, -0.2) is 4.79 Å². The van der Waals surface area contributed by atoms with Crippen LogP contribution in [0.25, 0.3) is 11.0 Å². The molecule has 0 aliphatic rings. The minimum Gasteiger partial charge on any atom is -0.483 e. The van der Waals surface area contributed by atoms with E-state index in [1.807, 2.05) is 19.9 Å². The van der Waals surface area contributed by atoms with Crippen LogP contribution < -0.4 is 15.7 Å². The van der Waals surface area contributed by atoms with Crippen molar-refractivity contribution in [1.82, 2.24) is 5.32 Å². The summed E-state index contributed by atoms with van der Waals surface area (Å²) < 4.78 is 10.8. The predicted molar refractivity (Wildman–Crippen MR) is 90.0 cm³/mol. The molecule has 0 bridgehead atoms. The van der Waals surface area contributed by atoms with E-state index in [9.17, 15) is 9.59 Å². The largest absolute Gasteiger partial charge is 0.483 e. The van der Waals surface area contributed by atoms with E-state index in [1.165, 1.54) is 6.07 Å². The Morgan fingerprint density at radius 1 is 1.26 bits per heavy atom. The summed E-state index contributed by atoms with van der Waals surface area (Å²) in [5.41, 5.74) is 1.71. The quantitative estimate of drug-likeness (QED) is 0.629. The smallest absolute Gasteiger partial charge is 0.336 e. The predicted octanol–water partition coefficient (Wildman–Crippen LogP) is 3.10. The summed E-state index contributed by atoms with van der Waals surface area (Å²) >= 11 is 0. The van der Waals surface area contributed by atoms with Crippen LogP contribution in [0.1, 0.15) is 37.3 Å². The fraction of sp³-hybridized carbons (Fsp3) is 0.444. The number of nitrogens with one attached hydrogen (secondary N) is 1. The molecule has 1 heterocycles. The van der Waals surface area contributed by atoms with Gasteiger partial charge in [-0.05, 0) is 38.0 Å². The van der Waals surface area contributed by atoms with Crippen molar-refractivity contribution in [3.05, 3.63) is 39.7 Å². The molecule has 0 saturated heterocycles. The van der Waals surface area contributed by atoms with E-state index in [4.69, 9.17) is 9.15 Å². The summed E-state index contributed by atoms with van der Waals surface area (Å²) in [4.78, 5) is 23.3. The Balaban J connectivity index is 2.05. The summed E-state index contributed by atoms with van der Waals surface area (Å²) in [6.45, 7) is 6.42. The number of fused-ring (bicyclic) bond motifs is 1. The number of unbranched alkanes of at least 4 members (excludes halogenated alkanes) is 2. The number of aryl methyl sites for hydroxylation is 2. The highest BCUT2D eigenvalue weighted by atomic mass is 16.5. The summed E-state index contributed by atoms with van der Waals surface area (Å²) in [6.07, 6.45) is 3.19. The van der Waals surface area contributed by atoms with Crippen molar-refractivity contribution in [2.45, 2.75) is 40.0 Å². The van der Waals surface area contributed by atoms with Crippen LogP contribution in [0, 0.1) is 13.8 Å². The normalized spacial score (nSPS) is 10.7. The Morgan fingerprint density at radius 2 is 2.04 bits per heavy atom. The van der Waals surface area contributed by atoms with Gasteiger partial charge in [0, 0.05) is 23.6 Å². The van der Waals surface area contributed by atoms with Gasteiger partial charge in [-0.3, -0.25) is 4.79 Å². The minimum absolute atomic E-state index is 0.0471. The molecule has 5 nitrogen and oxygen atoms in total. The number of amides is 1. The van der Waals surface area contributed by atoms with Crippen molar-refractivity contribution < 1.29 is 13.9 Å². The summed E-state index contributed by atoms with van der Waals surface area (Å²) in [6, 6.07) is 5.11. The first-order chi connectivity index (χ1) is 11.0. The van der Waals surface area contributed by atoms with Gasteiger partial charge in [0.25, 0.3) is 5.91 Å². The molecule has 5 heteroatoms. The first kappa shape index (κ1) is 17.1. The number of ether oxygens (including phenoxy) is 1. The van der Waals surface area contributed by atoms with Crippen LogP contribution in [0.3, 0.4) is 0 Å². The number of hydrogen-bond donors (Lipinski definition) is 1. The lowest BCUT2D eigenvalue weighted by atomic mass is 10.1. The average Bonchev–Trinajstić information content (AvgIpc) is 2.51. The SMILES string of the molecule is CCCCCNC(=O)COc1ccc2c(C)cc(=O)oc2c1C. The summed E-state index contributed by atoms with van der Waals surface area (Å²) in [5, 5.41) is 3.70. The van der Waals surface area contributed by atoms with E-state index >= 15 is 0 Å². The van der Waals surface area contributed by atoms with Gasteiger partial charge in [-0.1, -0.05) is 19.8 Å². The van der Waals surface area contributed by atoms with Gasteiger partial charge in [0.15, 0.2) is 6.61 Å².